The van der Waals surface area contributed by atoms with Gasteiger partial charge >= 0.3 is 33.2 Å². The van der Waals surface area contributed by atoms with Gasteiger partial charge in [0.1, 0.15) is 0 Å². The molecule has 3 rings (SSSR count). The Morgan fingerprint density at radius 1 is 1.00 bits per heavy atom. The molecule has 2 nitrogen and oxygen atoms in total. The third kappa shape index (κ3) is 3.78. The molecule has 0 unspecified atom stereocenters. The van der Waals surface area contributed by atoms with E-state index in [1.54, 1.807) is 0 Å². The minimum absolute atomic E-state index is 0. The number of rotatable bonds is 0. The van der Waals surface area contributed by atoms with Crippen LogP contribution in [0, 0.1) is 6.07 Å². The Hall–Kier alpha value is -1.40. The Bertz CT molecular complexity index is 625. The van der Waals surface area contributed by atoms with Crippen LogP contribution in [0.1, 0.15) is 11.1 Å². The van der Waals surface area contributed by atoms with Crippen molar-refractivity contribution in [3.63, 3.8) is 0 Å². The third-order valence-corrected chi connectivity index (χ3v) is 2.91. The van der Waals surface area contributed by atoms with E-state index in [4.69, 9.17) is 9.59 Å². The second-order valence-corrected chi connectivity index (χ2v) is 4.36. The molecule has 1 aliphatic carbocycles. The summed E-state index contributed by atoms with van der Waals surface area (Å²) < 4.78 is 0. The van der Waals surface area contributed by atoms with Gasteiger partial charge in [-0.25, -0.2) is 0 Å². The summed E-state index contributed by atoms with van der Waals surface area (Å²) in [6.45, 7) is 0. The molecule has 0 atom stereocenters. The van der Waals surface area contributed by atoms with Crippen molar-refractivity contribution in [2.24, 2.45) is 0 Å². The van der Waals surface area contributed by atoms with Crippen LogP contribution >= 0.6 is 0 Å². The van der Waals surface area contributed by atoms with E-state index in [0.717, 1.165) is 6.42 Å². The fourth-order valence-electron chi connectivity index (χ4n) is 2.01. The van der Waals surface area contributed by atoms with Crippen molar-refractivity contribution >= 4 is 9.57 Å². The van der Waals surface area contributed by atoms with Crippen LogP contribution in [0.3, 0.4) is 0 Å². The Kier molecular flexibility index (Phi) is 6.52. The van der Waals surface area contributed by atoms with Crippen LogP contribution in [0.5, 0.6) is 0 Å². The average Bonchev–Trinajstić information content (AvgIpc) is 2.79. The molecule has 0 heterocycles. The topological polar surface area (TPSA) is 34.1 Å². The average molecular weight is 357 g/mol. The molecule has 2 aromatic carbocycles. The van der Waals surface area contributed by atoms with Crippen LogP contribution in [-0.4, -0.2) is 9.57 Å². The summed E-state index contributed by atoms with van der Waals surface area (Å²) >= 11 is -0.222. The van der Waals surface area contributed by atoms with E-state index in [2.05, 4.69) is 42.5 Å². The number of carbonyl (C=O) groups excluding carboxylic acids is 2. The zero-order valence-corrected chi connectivity index (χ0v) is 12.5. The zero-order chi connectivity index (χ0) is 12.8. The summed E-state index contributed by atoms with van der Waals surface area (Å²) in [5, 5.41) is 0. The monoisotopic (exact) mass is 356 g/mol. The quantitative estimate of drug-likeness (QED) is 0.393. The predicted octanol–water partition coefficient (Wildman–Crippen LogP) is -0.735. The van der Waals surface area contributed by atoms with Crippen molar-refractivity contribution < 1.29 is 40.7 Å². The number of hydrogen-bond acceptors (Lipinski definition) is 2. The van der Waals surface area contributed by atoms with Gasteiger partial charge in [-0.3, -0.25) is 0 Å². The van der Waals surface area contributed by atoms with E-state index < -0.39 is 0 Å². The van der Waals surface area contributed by atoms with E-state index in [9.17, 15) is 0 Å². The Balaban J connectivity index is 0.000000265. The van der Waals surface area contributed by atoms with Crippen LogP contribution in [0.2, 0.25) is 0 Å². The van der Waals surface area contributed by atoms with Gasteiger partial charge in [0.25, 0.3) is 0 Å². The maximum atomic E-state index is 9.02. The minimum Gasteiger partial charge on any atom is -1.00 e. The number of halogens is 1. The van der Waals surface area contributed by atoms with Crippen LogP contribution in [-0.2, 0) is 30.1 Å². The summed E-state index contributed by atoms with van der Waals surface area (Å²) in [6.07, 6.45) is 1.05. The predicted molar refractivity (Wildman–Crippen MR) is 64.9 cm³/mol. The maximum Gasteiger partial charge on any atom is -0.0253 e. The first-order chi connectivity index (χ1) is 8.86. The molecular weight excluding hydrogens is 348 g/mol. The van der Waals surface area contributed by atoms with Gasteiger partial charge in [0.05, 0.1) is 0 Å². The minimum atomic E-state index is -0.222. The fourth-order valence-corrected chi connectivity index (χ4v) is 2.06. The summed E-state index contributed by atoms with van der Waals surface area (Å²) in [4.78, 5) is 20.7. The summed E-state index contributed by atoms with van der Waals surface area (Å²) in [7, 11) is 0. The van der Waals surface area contributed by atoms with E-state index >= 15 is 0 Å². The van der Waals surface area contributed by atoms with Gasteiger partial charge in [-0.1, -0.05) is 35.4 Å². The van der Waals surface area contributed by atoms with Crippen LogP contribution in [0.15, 0.2) is 42.5 Å². The smallest absolute Gasteiger partial charge is 0.0253 e. The second kappa shape index (κ2) is 7.91. The van der Waals surface area contributed by atoms with Crippen LogP contribution in [0.25, 0.3) is 11.1 Å². The second-order valence-electron chi connectivity index (χ2n) is 3.63. The molecule has 0 N–H and O–H groups in total. The Morgan fingerprint density at radius 2 is 1.68 bits per heavy atom. The number of fused-ring (bicyclic) bond motifs is 3. The van der Waals surface area contributed by atoms with E-state index in [1.807, 2.05) is 6.07 Å². The molecule has 1 aliphatic rings. The third-order valence-electron chi connectivity index (χ3n) is 2.69. The Morgan fingerprint density at radius 3 is 2.37 bits per heavy atom. The molecule has 19 heavy (non-hydrogen) atoms. The first kappa shape index (κ1) is 15.7. The molecule has 0 spiro atoms. The molecular formula is C15H9BrFeO2-2. The van der Waals surface area contributed by atoms with Gasteiger partial charge in [0.2, 0.25) is 0 Å². The molecule has 0 saturated heterocycles. The van der Waals surface area contributed by atoms with Gasteiger partial charge in [-0.2, -0.15) is 29.8 Å². The standard InChI is InChI=1S/C13H9.2CO.BrH.Fe/c1-3-7-12-10(5-1)9-11-6-2-4-8-13(11)12;2*1-2;;/h1-5,7-8H,9H2;;;1H;/q-1;;;;/p-1. The van der Waals surface area contributed by atoms with Gasteiger partial charge in [0, 0.05) is 0 Å². The summed E-state index contributed by atoms with van der Waals surface area (Å²) in [5.74, 6) is 0. The zero-order valence-electron chi connectivity index (χ0n) is 9.80. The van der Waals surface area contributed by atoms with Gasteiger partial charge < -0.3 is 17.0 Å². The SMILES string of the molecule is O=[C]=[Fe]=[C]=O.[Br-].[c-]1cccc2c1Cc1ccccc1-2. The van der Waals surface area contributed by atoms with Crippen molar-refractivity contribution in [2.45, 2.75) is 6.42 Å². The molecule has 0 aliphatic heterocycles. The van der Waals surface area contributed by atoms with Gasteiger partial charge in [-0.05, 0) is 6.42 Å². The first-order valence-electron chi connectivity index (χ1n) is 5.29. The molecule has 0 saturated carbocycles. The molecule has 4 heteroatoms. The maximum absolute atomic E-state index is 9.02. The molecule has 2 aromatic rings. The van der Waals surface area contributed by atoms with Crippen molar-refractivity contribution in [2.75, 3.05) is 0 Å². The largest absolute Gasteiger partial charge is 1.00 e. The molecule has 0 amide bonds. The van der Waals surface area contributed by atoms with Crippen molar-refractivity contribution in [3.8, 4) is 11.1 Å². The summed E-state index contributed by atoms with van der Waals surface area (Å²) in [6, 6.07) is 18.1. The van der Waals surface area contributed by atoms with Crippen LogP contribution < -0.4 is 17.0 Å². The molecule has 0 aromatic heterocycles. The first-order valence-corrected chi connectivity index (χ1v) is 6.39. The van der Waals surface area contributed by atoms with Crippen molar-refractivity contribution in [1.29, 1.82) is 0 Å². The Labute approximate surface area is 127 Å². The number of hydrogen-bond donors (Lipinski definition) is 0. The molecule has 0 radical (unpaired) electrons. The molecule has 0 bridgehead atoms. The summed E-state index contributed by atoms with van der Waals surface area (Å²) in [5.41, 5.74) is 5.51. The van der Waals surface area contributed by atoms with Crippen molar-refractivity contribution in [3.05, 3.63) is 59.7 Å². The van der Waals surface area contributed by atoms with Gasteiger partial charge in [0.15, 0.2) is 0 Å². The van der Waals surface area contributed by atoms with E-state index in [1.165, 1.54) is 31.8 Å². The van der Waals surface area contributed by atoms with E-state index in [0.29, 0.717) is 0 Å². The van der Waals surface area contributed by atoms with Crippen molar-refractivity contribution in [1.82, 2.24) is 0 Å². The molecule has 98 valence electrons. The molecule has 0 fully saturated rings. The van der Waals surface area contributed by atoms with Gasteiger partial charge in [-0.15, -0.1) is 5.56 Å². The number of benzene rings is 2. The van der Waals surface area contributed by atoms with E-state index in [-0.39, 0.29) is 31.1 Å². The normalized spacial score (nSPS) is 9.68. The fraction of sp³-hybridized carbons (Fsp3) is 0.0667. The van der Waals surface area contributed by atoms with Crippen LogP contribution in [0.4, 0.5) is 0 Å².